The molecule has 92 valence electrons. The normalized spacial score (nSPS) is 10.3. The first-order chi connectivity index (χ1) is 8.60. The van der Waals surface area contributed by atoms with E-state index in [1.54, 1.807) is 18.3 Å². The lowest BCUT2D eigenvalue weighted by Crippen LogP contribution is -1.99. The number of nitrogens with zero attached hydrogens (tertiary/aromatic N) is 1. The van der Waals surface area contributed by atoms with Crippen LogP contribution in [0.15, 0.2) is 36.5 Å². The molecule has 2 rings (SSSR count). The molecule has 2 N–H and O–H groups in total. The summed E-state index contributed by atoms with van der Waals surface area (Å²) in [5.41, 5.74) is 3.27. The van der Waals surface area contributed by atoms with Gasteiger partial charge < -0.3 is 10.2 Å². The lowest BCUT2D eigenvalue weighted by atomic mass is 10.0. The number of pyridine rings is 1. The Kier molecular flexibility index (Phi) is 3.39. The quantitative estimate of drug-likeness (QED) is 0.867. The van der Waals surface area contributed by atoms with E-state index in [9.17, 15) is 4.79 Å². The van der Waals surface area contributed by atoms with Crippen LogP contribution in [0.4, 0.5) is 0 Å². The molecule has 0 fully saturated rings. The van der Waals surface area contributed by atoms with E-state index in [-0.39, 0.29) is 12.2 Å². The van der Waals surface area contributed by atoms with Gasteiger partial charge in [0.25, 0.3) is 0 Å². The second kappa shape index (κ2) is 4.98. The van der Waals surface area contributed by atoms with Gasteiger partial charge >= 0.3 is 5.97 Å². The van der Waals surface area contributed by atoms with Crippen LogP contribution in [0.25, 0.3) is 11.1 Å². The van der Waals surface area contributed by atoms with Crippen molar-refractivity contribution < 1.29 is 15.0 Å². The fourth-order valence-corrected chi connectivity index (χ4v) is 1.80. The minimum atomic E-state index is -1.00. The van der Waals surface area contributed by atoms with Crippen LogP contribution in [0.2, 0.25) is 0 Å². The van der Waals surface area contributed by atoms with E-state index in [0.29, 0.717) is 5.56 Å². The average Bonchev–Trinajstić information content (AvgIpc) is 2.38. The van der Waals surface area contributed by atoms with Gasteiger partial charge in [-0.15, -0.1) is 0 Å². The molecule has 0 spiro atoms. The van der Waals surface area contributed by atoms with Gasteiger partial charge in [0.15, 0.2) is 0 Å². The van der Waals surface area contributed by atoms with Gasteiger partial charge in [0.05, 0.1) is 12.2 Å². The Hall–Kier alpha value is -2.20. The van der Waals surface area contributed by atoms with E-state index >= 15 is 0 Å². The van der Waals surface area contributed by atoms with E-state index in [0.717, 1.165) is 16.8 Å². The Morgan fingerprint density at radius 2 is 2.00 bits per heavy atom. The number of aliphatic hydroxyl groups excluding tert-OH is 1. The maximum Gasteiger partial charge on any atom is 0.335 e. The van der Waals surface area contributed by atoms with Gasteiger partial charge in [-0.05, 0) is 53.9 Å². The van der Waals surface area contributed by atoms with Crippen LogP contribution < -0.4 is 0 Å². The molecule has 1 aromatic carbocycles. The number of aryl methyl sites for hydroxylation is 1. The first kappa shape index (κ1) is 12.3. The van der Waals surface area contributed by atoms with Crippen molar-refractivity contribution in [2.45, 2.75) is 13.5 Å². The molecule has 1 aromatic heterocycles. The highest BCUT2D eigenvalue weighted by Gasteiger charge is 2.08. The molecule has 0 bridgehead atoms. The van der Waals surface area contributed by atoms with E-state index < -0.39 is 5.97 Å². The van der Waals surface area contributed by atoms with Crippen LogP contribution in [0.5, 0.6) is 0 Å². The smallest absolute Gasteiger partial charge is 0.335 e. The van der Waals surface area contributed by atoms with Crippen LogP contribution in [0.3, 0.4) is 0 Å². The number of hydrogen-bond acceptors (Lipinski definition) is 3. The predicted molar refractivity (Wildman–Crippen MR) is 67.3 cm³/mol. The zero-order chi connectivity index (χ0) is 13.1. The van der Waals surface area contributed by atoms with Gasteiger partial charge in [0.2, 0.25) is 0 Å². The van der Waals surface area contributed by atoms with Crippen molar-refractivity contribution in [2.24, 2.45) is 0 Å². The zero-order valence-corrected chi connectivity index (χ0v) is 9.92. The van der Waals surface area contributed by atoms with Gasteiger partial charge in [-0.25, -0.2) is 4.79 Å². The first-order valence-electron chi connectivity index (χ1n) is 5.51. The number of carboxylic acids is 1. The number of carbonyl (C=O) groups is 1. The fourth-order valence-electron chi connectivity index (χ4n) is 1.80. The lowest BCUT2D eigenvalue weighted by Gasteiger charge is -2.07. The average molecular weight is 243 g/mol. The van der Waals surface area contributed by atoms with Crippen molar-refractivity contribution in [3.8, 4) is 11.1 Å². The summed E-state index contributed by atoms with van der Waals surface area (Å²) in [6.07, 6.45) is 1.68. The molecule has 0 aliphatic rings. The van der Waals surface area contributed by atoms with Crippen LogP contribution >= 0.6 is 0 Å². The number of benzene rings is 1. The molecule has 0 atom stereocenters. The second-order valence-electron chi connectivity index (χ2n) is 4.07. The minimum Gasteiger partial charge on any atom is -0.478 e. The number of hydrogen-bond donors (Lipinski definition) is 2. The molecule has 0 saturated heterocycles. The van der Waals surface area contributed by atoms with Crippen LogP contribution in [0.1, 0.15) is 21.6 Å². The monoisotopic (exact) mass is 243 g/mol. The number of rotatable bonds is 3. The lowest BCUT2D eigenvalue weighted by molar-refractivity contribution is 0.0696. The largest absolute Gasteiger partial charge is 0.478 e. The highest BCUT2D eigenvalue weighted by atomic mass is 16.4. The van der Waals surface area contributed by atoms with Crippen molar-refractivity contribution in [3.05, 3.63) is 53.3 Å². The number of aromatic carboxylic acids is 1. The third-order valence-electron chi connectivity index (χ3n) is 2.65. The molecule has 2 aromatic rings. The zero-order valence-electron chi connectivity index (χ0n) is 9.92. The highest BCUT2D eigenvalue weighted by molar-refractivity contribution is 5.89. The van der Waals surface area contributed by atoms with Crippen molar-refractivity contribution >= 4 is 5.97 Å². The maximum atomic E-state index is 11.0. The van der Waals surface area contributed by atoms with Gasteiger partial charge in [0, 0.05) is 11.9 Å². The van der Waals surface area contributed by atoms with Crippen LogP contribution in [-0.2, 0) is 6.61 Å². The highest BCUT2D eigenvalue weighted by Crippen LogP contribution is 2.23. The molecule has 4 nitrogen and oxygen atoms in total. The molecular weight excluding hydrogens is 230 g/mol. The molecule has 0 unspecified atom stereocenters. The molecular formula is C14H13NO3. The van der Waals surface area contributed by atoms with Gasteiger partial charge in [-0.3, -0.25) is 4.98 Å². The summed E-state index contributed by atoms with van der Waals surface area (Å²) >= 11 is 0. The number of aromatic nitrogens is 1. The van der Waals surface area contributed by atoms with E-state index in [1.807, 2.05) is 19.1 Å². The van der Waals surface area contributed by atoms with Gasteiger partial charge in [0.1, 0.15) is 0 Å². The Labute approximate surface area is 105 Å². The van der Waals surface area contributed by atoms with Gasteiger partial charge in [-0.2, -0.15) is 0 Å². The maximum absolute atomic E-state index is 11.0. The predicted octanol–water partition coefficient (Wildman–Crippen LogP) is 2.25. The number of carboxylic acid groups (broad SMARTS) is 1. The summed E-state index contributed by atoms with van der Waals surface area (Å²) < 4.78 is 0. The summed E-state index contributed by atoms with van der Waals surface area (Å²) in [4.78, 5) is 15.1. The Morgan fingerprint density at radius 3 is 2.61 bits per heavy atom. The summed E-state index contributed by atoms with van der Waals surface area (Å²) in [6, 6.07) is 8.54. The summed E-state index contributed by atoms with van der Waals surface area (Å²) in [5, 5.41) is 18.2. The van der Waals surface area contributed by atoms with E-state index in [1.165, 1.54) is 6.07 Å². The van der Waals surface area contributed by atoms with Crippen molar-refractivity contribution in [3.63, 3.8) is 0 Å². The molecule has 0 amide bonds. The van der Waals surface area contributed by atoms with Gasteiger partial charge in [-0.1, -0.05) is 0 Å². The summed E-state index contributed by atoms with van der Waals surface area (Å²) in [7, 11) is 0. The molecule has 18 heavy (non-hydrogen) atoms. The standard InChI is InChI=1S/C14H13NO3/c1-9-4-11(2-3-15-9)12-5-10(8-16)6-13(7-12)14(17)18/h2-7,16H,8H2,1H3,(H,17,18). The van der Waals surface area contributed by atoms with Crippen molar-refractivity contribution in [2.75, 3.05) is 0 Å². The topological polar surface area (TPSA) is 70.4 Å². The van der Waals surface area contributed by atoms with E-state index in [4.69, 9.17) is 10.2 Å². The Balaban J connectivity index is 2.56. The minimum absolute atomic E-state index is 0.172. The molecule has 0 radical (unpaired) electrons. The van der Waals surface area contributed by atoms with Crippen LogP contribution in [0, 0.1) is 6.92 Å². The number of aliphatic hydroxyl groups is 1. The SMILES string of the molecule is Cc1cc(-c2cc(CO)cc(C(=O)O)c2)ccn1. The summed E-state index contributed by atoms with van der Waals surface area (Å²) in [6.45, 7) is 1.69. The van der Waals surface area contributed by atoms with Crippen LogP contribution in [-0.4, -0.2) is 21.2 Å². The summed E-state index contributed by atoms with van der Waals surface area (Å²) in [5.74, 6) is -1.00. The molecule has 1 heterocycles. The van der Waals surface area contributed by atoms with Crippen molar-refractivity contribution in [1.82, 2.24) is 4.98 Å². The molecule has 0 aliphatic heterocycles. The first-order valence-corrected chi connectivity index (χ1v) is 5.51. The van der Waals surface area contributed by atoms with Crippen molar-refractivity contribution in [1.29, 1.82) is 0 Å². The second-order valence-corrected chi connectivity index (χ2v) is 4.07. The third kappa shape index (κ3) is 2.55. The fraction of sp³-hybridized carbons (Fsp3) is 0.143. The molecule has 4 heteroatoms. The molecule has 0 saturated carbocycles. The third-order valence-corrected chi connectivity index (χ3v) is 2.65. The Bertz CT molecular complexity index is 593. The Morgan fingerprint density at radius 1 is 1.22 bits per heavy atom. The van der Waals surface area contributed by atoms with E-state index in [2.05, 4.69) is 4.98 Å². The molecule has 0 aliphatic carbocycles.